The Kier molecular flexibility index (Phi) is 5.34. The Labute approximate surface area is 109 Å². The van der Waals surface area contributed by atoms with Gasteiger partial charge >= 0.3 is 0 Å². The van der Waals surface area contributed by atoms with Crippen molar-refractivity contribution in [1.82, 2.24) is 14.9 Å². The van der Waals surface area contributed by atoms with Crippen LogP contribution in [0.2, 0.25) is 0 Å². The number of nitrogens with two attached hydrogens (primary N) is 1. The molecule has 0 bridgehead atoms. The van der Waals surface area contributed by atoms with Crippen molar-refractivity contribution in [2.24, 2.45) is 17.6 Å². The van der Waals surface area contributed by atoms with E-state index in [9.17, 15) is 4.79 Å². The molecule has 0 radical (unpaired) electrons. The normalized spacial score (nSPS) is 13.1. The third-order valence-electron chi connectivity index (χ3n) is 2.81. The van der Waals surface area contributed by atoms with Crippen LogP contribution in [0.15, 0.2) is 12.4 Å². The lowest BCUT2D eigenvalue weighted by Crippen LogP contribution is -2.43. The molecule has 1 rings (SSSR count). The summed E-state index contributed by atoms with van der Waals surface area (Å²) in [6.07, 6.45) is 3.69. The number of rotatable bonds is 6. The molecule has 1 aromatic heterocycles. The van der Waals surface area contributed by atoms with Gasteiger partial charge in [-0.05, 0) is 11.8 Å². The van der Waals surface area contributed by atoms with E-state index in [0.717, 1.165) is 12.4 Å². The Morgan fingerprint density at radius 3 is 2.67 bits per heavy atom. The van der Waals surface area contributed by atoms with Crippen LogP contribution in [0.5, 0.6) is 0 Å². The summed E-state index contributed by atoms with van der Waals surface area (Å²) in [4.78, 5) is 16.0. The Morgan fingerprint density at radius 2 is 2.11 bits per heavy atom. The molecular formula is C13H24N4O. The van der Waals surface area contributed by atoms with E-state index in [-0.39, 0.29) is 11.8 Å². The van der Waals surface area contributed by atoms with Crippen LogP contribution < -0.4 is 11.1 Å². The summed E-state index contributed by atoms with van der Waals surface area (Å²) >= 11 is 0. The number of carbonyl (C=O) groups excluding carboxylic acids is 1. The third kappa shape index (κ3) is 4.14. The summed E-state index contributed by atoms with van der Waals surface area (Å²) in [5.41, 5.74) is 5.78. The quantitative estimate of drug-likeness (QED) is 0.797. The fourth-order valence-electron chi connectivity index (χ4n) is 1.65. The van der Waals surface area contributed by atoms with Crippen molar-refractivity contribution < 1.29 is 4.79 Å². The van der Waals surface area contributed by atoms with Crippen LogP contribution in [0, 0.1) is 11.8 Å². The van der Waals surface area contributed by atoms with Gasteiger partial charge in [-0.15, -0.1) is 0 Å². The van der Waals surface area contributed by atoms with E-state index >= 15 is 0 Å². The summed E-state index contributed by atoms with van der Waals surface area (Å²) in [5, 5.41) is 2.83. The first kappa shape index (κ1) is 14.7. The molecule has 0 aliphatic heterocycles. The van der Waals surface area contributed by atoms with Gasteiger partial charge < -0.3 is 15.6 Å². The molecule has 1 heterocycles. The van der Waals surface area contributed by atoms with Gasteiger partial charge in [0.05, 0.1) is 12.6 Å². The molecular weight excluding hydrogens is 228 g/mol. The second kappa shape index (κ2) is 6.54. The van der Waals surface area contributed by atoms with Gasteiger partial charge in [0.15, 0.2) is 0 Å². The largest absolute Gasteiger partial charge is 0.348 e. The Morgan fingerprint density at radius 1 is 1.44 bits per heavy atom. The van der Waals surface area contributed by atoms with Crippen LogP contribution in [0.25, 0.3) is 0 Å². The molecule has 0 saturated heterocycles. The maximum absolute atomic E-state index is 11.7. The topological polar surface area (TPSA) is 72.9 Å². The molecule has 1 atom stereocenters. The van der Waals surface area contributed by atoms with Crippen molar-refractivity contribution in [2.45, 2.75) is 46.8 Å². The zero-order valence-electron chi connectivity index (χ0n) is 11.7. The molecule has 5 nitrogen and oxygen atoms in total. The molecule has 0 aliphatic rings. The second-order valence-electron chi connectivity index (χ2n) is 5.38. The highest BCUT2D eigenvalue weighted by Crippen LogP contribution is 2.04. The van der Waals surface area contributed by atoms with Crippen molar-refractivity contribution in [2.75, 3.05) is 0 Å². The number of hydrogen-bond donors (Lipinski definition) is 2. The van der Waals surface area contributed by atoms with Crippen LogP contribution in [-0.4, -0.2) is 21.5 Å². The van der Waals surface area contributed by atoms with Crippen LogP contribution >= 0.6 is 0 Å². The summed E-state index contributed by atoms with van der Waals surface area (Å²) in [6, 6.07) is -0.460. The number of aromatic nitrogens is 2. The van der Waals surface area contributed by atoms with Gasteiger partial charge in [0.2, 0.25) is 5.91 Å². The van der Waals surface area contributed by atoms with Gasteiger partial charge in [-0.25, -0.2) is 4.98 Å². The molecule has 1 aromatic rings. The van der Waals surface area contributed by atoms with Gasteiger partial charge in [-0.3, -0.25) is 4.79 Å². The number of amides is 1. The number of nitrogens with one attached hydrogen (secondary N) is 1. The number of imidazole rings is 1. The van der Waals surface area contributed by atoms with Gasteiger partial charge in [0.25, 0.3) is 0 Å². The smallest absolute Gasteiger partial charge is 0.237 e. The highest BCUT2D eigenvalue weighted by atomic mass is 16.2. The van der Waals surface area contributed by atoms with Crippen molar-refractivity contribution in [3.8, 4) is 0 Å². The second-order valence-corrected chi connectivity index (χ2v) is 5.38. The molecule has 1 amide bonds. The Hall–Kier alpha value is -1.36. The Bertz CT molecular complexity index is 384. The summed E-state index contributed by atoms with van der Waals surface area (Å²) < 4.78 is 2.06. The third-order valence-corrected chi connectivity index (χ3v) is 2.81. The van der Waals surface area contributed by atoms with E-state index in [2.05, 4.69) is 28.7 Å². The number of carbonyl (C=O) groups is 1. The lowest BCUT2D eigenvalue weighted by molar-refractivity contribution is -0.123. The lowest BCUT2D eigenvalue weighted by Gasteiger charge is -2.16. The van der Waals surface area contributed by atoms with Gasteiger partial charge in [-0.1, -0.05) is 27.7 Å². The minimum Gasteiger partial charge on any atom is -0.348 e. The van der Waals surface area contributed by atoms with E-state index in [1.165, 1.54) is 0 Å². The van der Waals surface area contributed by atoms with Crippen LogP contribution in [-0.2, 0) is 17.9 Å². The molecule has 102 valence electrons. The van der Waals surface area contributed by atoms with E-state index in [0.29, 0.717) is 12.5 Å². The molecule has 0 spiro atoms. The fraction of sp³-hybridized carbons (Fsp3) is 0.692. The van der Waals surface area contributed by atoms with E-state index in [1.807, 2.05) is 20.0 Å². The van der Waals surface area contributed by atoms with Crippen molar-refractivity contribution in [3.63, 3.8) is 0 Å². The van der Waals surface area contributed by atoms with Gasteiger partial charge in [0.1, 0.15) is 5.82 Å². The molecule has 3 N–H and O–H groups in total. The van der Waals surface area contributed by atoms with Crippen molar-refractivity contribution in [3.05, 3.63) is 18.2 Å². The highest BCUT2D eigenvalue weighted by Gasteiger charge is 2.17. The molecule has 0 aromatic carbocycles. The molecule has 18 heavy (non-hydrogen) atoms. The van der Waals surface area contributed by atoms with Gasteiger partial charge in [-0.2, -0.15) is 0 Å². The SMILES string of the molecule is CC(C)Cn1ccnc1CNC(=O)[C@@H](N)C(C)C. The Balaban J connectivity index is 2.53. The standard InChI is InChI=1S/C13H24N4O/c1-9(2)8-17-6-5-15-11(17)7-16-13(18)12(14)10(3)4/h5-6,9-10,12H,7-8,14H2,1-4H3,(H,16,18)/t12-/m0/s1. The first-order valence-corrected chi connectivity index (χ1v) is 6.45. The number of hydrogen-bond acceptors (Lipinski definition) is 3. The van der Waals surface area contributed by atoms with Crippen LogP contribution in [0.3, 0.4) is 0 Å². The average molecular weight is 252 g/mol. The first-order valence-electron chi connectivity index (χ1n) is 6.45. The van der Waals surface area contributed by atoms with Crippen molar-refractivity contribution >= 4 is 5.91 Å². The fourth-order valence-corrected chi connectivity index (χ4v) is 1.65. The minimum atomic E-state index is -0.460. The molecule has 0 saturated carbocycles. The molecule has 0 fully saturated rings. The minimum absolute atomic E-state index is 0.121. The van der Waals surface area contributed by atoms with Crippen molar-refractivity contribution in [1.29, 1.82) is 0 Å². The highest BCUT2D eigenvalue weighted by molar-refractivity contribution is 5.81. The molecule has 0 aliphatic carbocycles. The zero-order valence-corrected chi connectivity index (χ0v) is 11.7. The van der Waals surface area contributed by atoms with E-state index < -0.39 is 6.04 Å². The maximum atomic E-state index is 11.7. The predicted octanol–water partition coefficient (Wildman–Crippen LogP) is 1.14. The summed E-state index contributed by atoms with van der Waals surface area (Å²) in [7, 11) is 0. The van der Waals surface area contributed by atoms with Gasteiger partial charge in [0, 0.05) is 18.9 Å². The van der Waals surface area contributed by atoms with Crippen LogP contribution in [0.4, 0.5) is 0 Å². The van der Waals surface area contributed by atoms with Crippen LogP contribution in [0.1, 0.15) is 33.5 Å². The zero-order chi connectivity index (χ0) is 13.7. The summed E-state index contributed by atoms with van der Waals surface area (Å²) in [6.45, 7) is 9.50. The van der Waals surface area contributed by atoms with E-state index in [4.69, 9.17) is 5.73 Å². The maximum Gasteiger partial charge on any atom is 0.237 e. The molecule has 5 heteroatoms. The lowest BCUT2D eigenvalue weighted by atomic mass is 10.1. The number of nitrogens with zero attached hydrogens (tertiary/aromatic N) is 2. The predicted molar refractivity (Wildman–Crippen MR) is 71.7 cm³/mol. The molecule has 0 unspecified atom stereocenters. The average Bonchev–Trinajstić information content (AvgIpc) is 2.71. The monoisotopic (exact) mass is 252 g/mol. The first-order chi connectivity index (χ1) is 8.41. The van der Waals surface area contributed by atoms with E-state index in [1.54, 1.807) is 6.20 Å². The summed E-state index contributed by atoms with van der Waals surface area (Å²) in [5.74, 6) is 1.43.